The molecular weight excluding hydrogens is 252 g/mol. The lowest BCUT2D eigenvalue weighted by Gasteiger charge is -2.15. The maximum absolute atomic E-state index is 9.90. The second-order valence-electron chi connectivity index (χ2n) is 5.66. The fourth-order valence-corrected chi connectivity index (χ4v) is 2.74. The Bertz CT molecular complexity index is 390. The highest BCUT2D eigenvalue weighted by Crippen LogP contribution is 2.24. The van der Waals surface area contributed by atoms with Gasteiger partial charge in [0.25, 0.3) is 0 Å². The maximum Gasteiger partial charge on any atom is 0.213 e. The van der Waals surface area contributed by atoms with Crippen molar-refractivity contribution in [3.63, 3.8) is 0 Å². The highest BCUT2D eigenvalue weighted by atomic mass is 16.5. The molecule has 1 aliphatic carbocycles. The second kappa shape index (κ2) is 8.22. The molecule has 0 saturated heterocycles. The zero-order valence-corrected chi connectivity index (χ0v) is 12.1. The molecule has 1 unspecified atom stereocenters. The SMILES string of the molecule is NCCC(O)c1cccc(OCC2CCCCCC2)n1. The van der Waals surface area contributed by atoms with Gasteiger partial charge in [-0.15, -0.1) is 0 Å². The van der Waals surface area contributed by atoms with Gasteiger partial charge in [0, 0.05) is 6.07 Å². The summed E-state index contributed by atoms with van der Waals surface area (Å²) in [5, 5.41) is 9.90. The molecule has 1 heterocycles. The number of aliphatic hydroxyl groups is 1. The van der Waals surface area contributed by atoms with Crippen LogP contribution in [0, 0.1) is 5.92 Å². The molecule has 4 nitrogen and oxygen atoms in total. The molecule has 1 aromatic heterocycles. The van der Waals surface area contributed by atoms with Crippen LogP contribution < -0.4 is 10.5 Å². The van der Waals surface area contributed by atoms with E-state index < -0.39 is 6.10 Å². The van der Waals surface area contributed by atoms with Gasteiger partial charge in [0.05, 0.1) is 18.4 Å². The molecule has 1 aliphatic rings. The normalized spacial score (nSPS) is 18.5. The molecule has 112 valence electrons. The van der Waals surface area contributed by atoms with E-state index in [-0.39, 0.29) is 0 Å². The molecule has 0 amide bonds. The Morgan fingerprint density at radius 2 is 2.00 bits per heavy atom. The molecular formula is C16H26N2O2. The van der Waals surface area contributed by atoms with Crippen molar-refractivity contribution >= 4 is 0 Å². The minimum atomic E-state index is -0.596. The number of hydrogen-bond acceptors (Lipinski definition) is 4. The van der Waals surface area contributed by atoms with Crippen LogP contribution in [0.4, 0.5) is 0 Å². The number of pyridine rings is 1. The average Bonchev–Trinajstić information content (AvgIpc) is 2.74. The lowest BCUT2D eigenvalue weighted by molar-refractivity contribution is 0.162. The number of rotatable bonds is 6. The topological polar surface area (TPSA) is 68.4 Å². The van der Waals surface area contributed by atoms with Gasteiger partial charge in [0.1, 0.15) is 0 Å². The van der Waals surface area contributed by atoms with Crippen LogP contribution in [0.3, 0.4) is 0 Å². The van der Waals surface area contributed by atoms with Gasteiger partial charge in [-0.1, -0.05) is 31.7 Å². The fraction of sp³-hybridized carbons (Fsp3) is 0.688. The number of aromatic nitrogens is 1. The van der Waals surface area contributed by atoms with Crippen LogP contribution in [-0.4, -0.2) is 23.2 Å². The molecule has 4 heteroatoms. The van der Waals surface area contributed by atoms with Crippen LogP contribution in [0.2, 0.25) is 0 Å². The first-order valence-corrected chi connectivity index (χ1v) is 7.77. The molecule has 1 fully saturated rings. The van der Waals surface area contributed by atoms with Gasteiger partial charge in [0.2, 0.25) is 5.88 Å². The molecule has 1 aromatic rings. The molecule has 20 heavy (non-hydrogen) atoms. The van der Waals surface area contributed by atoms with Crippen LogP contribution in [-0.2, 0) is 0 Å². The first-order valence-electron chi connectivity index (χ1n) is 7.77. The molecule has 3 N–H and O–H groups in total. The van der Waals surface area contributed by atoms with E-state index in [1.807, 2.05) is 18.2 Å². The van der Waals surface area contributed by atoms with E-state index in [9.17, 15) is 5.11 Å². The summed E-state index contributed by atoms with van der Waals surface area (Å²) < 4.78 is 5.82. The highest BCUT2D eigenvalue weighted by molar-refractivity contribution is 5.17. The molecule has 0 aromatic carbocycles. The third-order valence-corrected chi connectivity index (χ3v) is 3.97. The molecule has 1 saturated carbocycles. The summed E-state index contributed by atoms with van der Waals surface area (Å²) in [5.74, 6) is 1.26. The third-order valence-electron chi connectivity index (χ3n) is 3.97. The minimum Gasteiger partial charge on any atom is -0.477 e. The summed E-state index contributed by atoms with van der Waals surface area (Å²) in [6.07, 6.45) is 7.80. The summed E-state index contributed by atoms with van der Waals surface area (Å²) >= 11 is 0. The van der Waals surface area contributed by atoms with Crippen molar-refractivity contribution in [3.8, 4) is 5.88 Å². The van der Waals surface area contributed by atoms with E-state index in [0.29, 0.717) is 30.5 Å². The Hall–Kier alpha value is -1.13. The molecule has 0 spiro atoms. The smallest absolute Gasteiger partial charge is 0.213 e. The number of nitrogens with two attached hydrogens (primary N) is 1. The van der Waals surface area contributed by atoms with Crippen LogP contribution in [0.5, 0.6) is 5.88 Å². The van der Waals surface area contributed by atoms with Gasteiger partial charge >= 0.3 is 0 Å². The fourth-order valence-electron chi connectivity index (χ4n) is 2.74. The van der Waals surface area contributed by atoms with Crippen molar-refractivity contribution < 1.29 is 9.84 Å². The molecule has 1 atom stereocenters. The Morgan fingerprint density at radius 1 is 1.25 bits per heavy atom. The van der Waals surface area contributed by atoms with E-state index in [1.165, 1.54) is 38.5 Å². The highest BCUT2D eigenvalue weighted by Gasteiger charge is 2.14. The zero-order valence-electron chi connectivity index (χ0n) is 12.1. The molecule has 0 aliphatic heterocycles. The zero-order chi connectivity index (χ0) is 14.2. The number of nitrogens with zero attached hydrogens (tertiary/aromatic N) is 1. The summed E-state index contributed by atoms with van der Waals surface area (Å²) in [6, 6.07) is 5.55. The van der Waals surface area contributed by atoms with Crippen molar-refractivity contribution in [1.82, 2.24) is 4.98 Å². The Labute approximate surface area is 121 Å². The number of aliphatic hydroxyl groups excluding tert-OH is 1. The van der Waals surface area contributed by atoms with Crippen LogP contribution in [0.1, 0.15) is 56.7 Å². The van der Waals surface area contributed by atoms with Crippen molar-refractivity contribution in [2.24, 2.45) is 11.7 Å². The molecule has 2 rings (SSSR count). The van der Waals surface area contributed by atoms with Crippen molar-refractivity contribution in [2.45, 2.75) is 51.0 Å². The van der Waals surface area contributed by atoms with E-state index in [1.54, 1.807) is 0 Å². The van der Waals surface area contributed by atoms with Crippen LogP contribution in [0.25, 0.3) is 0 Å². The van der Waals surface area contributed by atoms with E-state index in [4.69, 9.17) is 10.5 Å². The van der Waals surface area contributed by atoms with Gasteiger partial charge in [0.15, 0.2) is 0 Å². The summed E-state index contributed by atoms with van der Waals surface area (Å²) in [7, 11) is 0. The molecule has 0 radical (unpaired) electrons. The van der Waals surface area contributed by atoms with Gasteiger partial charge in [-0.2, -0.15) is 0 Å². The summed E-state index contributed by atoms with van der Waals surface area (Å²) in [5.41, 5.74) is 6.10. The summed E-state index contributed by atoms with van der Waals surface area (Å²) in [4.78, 5) is 4.37. The monoisotopic (exact) mass is 278 g/mol. The quantitative estimate of drug-likeness (QED) is 0.785. The third kappa shape index (κ3) is 4.76. The predicted molar refractivity (Wildman–Crippen MR) is 79.6 cm³/mol. The van der Waals surface area contributed by atoms with Crippen molar-refractivity contribution in [3.05, 3.63) is 23.9 Å². The summed E-state index contributed by atoms with van der Waals surface area (Å²) in [6.45, 7) is 1.19. The van der Waals surface area contributed by atoms with Gasteiger partial charge in [-0.05, 0) is 37.8 Å². The van der Waals surface area contributed by atoms with Gasteiger partial charge in [-0.3, -0.25) is 0 Å². The Morgan fingerprint density at radius 3 is 2.70 bits per heavy atom. The minimum absolute atomic E-state index is 0.454. The predicted octanol–water partition coefficient (Wildman–Crippen LogP) is 2.81. The van der Waals surface area contributed by atoms with Crippen LogP contribution >= 0.6 is 0 Å². The number of hydrogen-bond donors (Lipinski definition) is 2. The van der Waals surface area contributed by atoms with Crippen molar-refractivity contribution in [2.75, 3.05) is 13.2 Å². The molecule has 0 bridgehead atoms. The van der Waals surface area contributed by atoms with E-state index in [0.717, 1.165) is 6.61 Å². The lowest BCUT2D eigenvalue weighted by atomic mass is 10.0. The van der Waals surface area contributed by atoms with Crippen molar-refractivity contribution in [1.29, 1.82) is 0 Å². The largest absolute Gasteiger partial charge is 0.477 e. The Balaban J connectivity index is 1.87. The average molecular weight is 278 g/mol. The first kappa shape index (κ1) is 15.3. The Kier molecular flexibility index (Phi) is 6.27. The van der Waals surface area contributed by atoms with E-state index in [2.05, 4.69) is 4.98 Å². The van der Waals surface area contributed by atoms with Crippen LogP contribution in [0.15, 0.2) is 18.2 Å². The first-order chi connectivity index (χ1) is 9.79. The number of ether oxygens (including phenoxy) is 1. The second-order valence-corrected chi connectivity index (χ2v) is 5.66. The van der Waals surface area contributed by atoms with E-state index >= 15 is 0 Å². The van der Waals surface area contributed by atoms with Gasteiger partial charge < -0.3 is 15.6 Å². The maximum atomic E-state index is 9.90. The standard InChI is InChI=1S/C16H26N2O2/c17-11-10-15(19)14-8-5-9-16(18-14)20-12-13-6-3-1-2-4-7-13/h5,8-9,13,15,19H,1-4,6-7,10-12,17H2. The lowest BCUT2D eigenvalue weighted by Crippen LogP contribution is -2.13. The van der Waals surface area contributed by atoms with Gasteiger partial charge in [-0.25, -0.2) is 4.98 Å².